The monoisotopic (exact) mass is 688 g/mol. The van der Waals surface area contributed by atoms with Crippen LogP contribution in [0.3, 0.4) is 0 Å². The van der Waals surface area contributed by atoms with E-state index in [0.717, 1.165) is 44.3 Å². The molecule has 5 nitrogen and oxygen atoms in total. The smallest absolute Gasteiger partial charge is 0.164 e. The van der Waals surface area contributed by atoms with Gasteiger partial charge in [-0.05, 0) is 57.3 Å². The highest BCUT2D eigenvalue weighted by molar-refractivity contribution is 6.39. The molecule has 0 N–H and O–H groups in total. The van der Waals surface area contributed by atoms with Crippen LogP contribution in [0.4, 0.5) is 0 Å². The molecule has 3 heterocycles. The fourth-order valence-electron chi connectivity index (χ4n) is 8.67. The van der Waals surface area contributed by atoms with E-state index >= 15 is 0 Å². The predicted molar refractivity (Wildman–Crippen MR) is 221 cm³/mol. The van der Waals surface area contributed by atoms with E-state index in [4.69, 9.17) is 19.4 Å². The number of aromatic nitrogens is 4. The number of hydrogen-bond donors (Lipinski definition) is 0. The Morgan fingerprint density at radius 3 is 1.78 bits per heavy atom. The molecule has 0 fully saturated rings. The average Bonchev–Trinajstić information content (AvgIpc) is 3.78. The maximum Gasteiger partial charge on any atom is 0.164 e. The minimum absolute atomic E-state index is 0.604. The van der Waals surface area contributed by atoms with E-state index in [9.17, 15) is 0 Å². The Hall–Kier alpha value is -7.37. The van der Waals surface area contributed by atoms with Gasteiger partial charge in [0.1, 0.15) is 11.2 Å². The molecule has 3 aromatic heterocycles. The van der Waals surface area contributed by atoms with Crippen molar-refractivity contribution in [3.8, 4) is 39.9 Å². The van der Waals surface area contributed by atoms with Crippen LogP contribution in [0.5, 0.6) is 0 Å². The summed E-state index contributed by atoms with van der Waals surface area (Å²) < 4.78 is 9.11. The molecule has 0 radical (unpaired) electrons. The minimum Gasteiger partial charge on any atom is -0.456 e. The number of furan rings is 1. The summed E-state index contributed by atoms with van der Waals surface area (Å²) in [6, 6.07) is 59.5. The average molecular weight is 689 g/mol. The van der Waals surface area contributed by atoms with Gasteiger partial charge >= 0.3 is 0 Å². The SMILES string of the molecule is c1ccc(-c2nc(-c3ccccc3)nc(-c3cccc4oc5cc(-n6c7cccc8c9ccccc9c9c%10ccccc%10cc6c9c87)ccc5c34)n2)cc1. The molecule has 0 amide bonds. The zero-order chi connectivity index (χ0) is 35.3. The molecule has 0 unspecified atom stereocenters. The van der Waals surface area contributed by atoms with Crippen molar-refractivity contribution in [1.29, 1.82) is 0 Å². The second kappa shape index (κ2) is 11.1. The van der Waals surface area contributed by atoms with Crippen molar-refractivity contribution in [3.63, 3.8) is 0 Å². The van der Waals surface area contributed by atoms with Crippen LogP contribution in [0.15, 0.2) is 174 Å². The Balaban J connectivity index is 1.11. The lowest BCUT2D eigenvalue weighted by Crippen LogP contribution is -2.00. The molecule has 0 spiro atoms. The summed E-state index contributed by atoms with van der Waals surface area (Å²) in [6.07, 6.45) is 0. The Morgan fingerprint density at radius 2 is 1.00 bits per heavy atom. The largest absolute Gasteiger partial charge is 0.456 e. The number of benzene rings is 9. The van der Waals surface area contributed by atoms with E-state index < -0.39 is 0 Å². The van der Waals surface area contributed by atoms with Gasteiger partial charge in [-0.2, -0.15) is 0 Å². The highest BCUT2D eigenvalue weighted by Gasteiger charge is 2.23. The third-order valence-electron chi connectivity index (χ3n) is 11.0. The van der Waals surface area contributed by atoms with Gasteiger partial charge in [-0.15, -0.1) is 0 Å². The molecular weight excluding hydrogens is 661 g/mol. The van der Waals surface area contributed by atoms with Gasteiger partial charge in [0.25, 0.3) is 0 Å². The minimum atomic E-state index is 0.604. The maximum atomic E-state index is 6.70. The third kappa shape index (κ3) is 4.12. The van der Waals surface area contributed by atoms with E-state index in [-0.39, 0.29) is 0 Å². The summed E-state index contributed by atoms with van der Waals surface area (Å²) in [5, 5.41) is 12.2. The first kappa shape index (κ1) is 29.2. The molecule has 0 saturated carbocycles. The van der Waals surface area contributed by atoms with Gasteiger partial charge in [0.2, 0.25) is 0 Å². The van der Waals surface area contributed by atoms with Crippen molar-refractivity contribution in [1.82, 2.24) is 19.5 Å². The van der Waals surface area contributed by atoms with Crippen molar-refractivity contribution in [2.75, 3.05) is 0 Å². The van der Waals surface area contributed by atoms with Gasteiger partial charge in [-0.3, -0.25) is 0 Å². The van der Waals surface area contributed by atoms with Crippen LogP contribution in [0.25, 0.3) is 116 Å². The van der Waals surface area contributed by atoms with Gasteiger partial charge < -0.3 is 8.98 Å². The fraction of sp³-hybridized carbons (Fsp3) is 0. The quantitative estimate of drug-likeness (QED) is 0.173. The summed E-state index contributed by atoms with van der Waals surface area (Å²) in [5.74, 6) is 1.86. The standard InChI is InChI=1S/C49H28N4O/c1-3-13-29(14-4-1)47-50-48(30-15-5-2-6-16-30)52-49(51-47)38-22-12-24-41-43(38)37-26-25-32(28-42(37)54-41)53-39-23-11-21-36-34-19-9-10-20-35(34)44-33-18-8-7-17-31(33)27-40(53)46(44)45(36)39/h1-28H. The molecule has 5 heteroatoms. The Kier molecular flexibility index (Phi) is 5.99. The van der Waals surface area contributed by atoms with Crippen LogP contribution in [0.1, 0.15) is 0 Å². The maximum absolute atomic E-state index is 6.70. The van der Waals surface area contributed by atoms with Crippen LogP contribution in [-0.2, 0) is 0 Å². The highest BCUT2D eigenvalue weighted by Crippen LogP contribution is 2.47. The molecule has 0 aliphatic carbocycles. The van der Waals surface area contributed by atoms with Gasteiger partial charge in [-0.25, -0.2) is 15.0 Å². The zero-order valence-electron chi connectivity index (χ0n) is 28.9. The van der Waals surface area contributed by atoms with Crippen molar-refractivity contribution < 1.29 is 4.42 Å². The van der Waals surface area contributed by atoms with Crippen molar-refractivity contribution >= 4 is 76.1 Å². The normalized spacial score (nSPS) is 12.1. The molecule has 12 aromatic rings. The molecule has 12 rings (SSSR count). The molecule has 0 bridgehead atoms. The number of nitrogens with zero attached hydrogens (tertiary/aromatic N) is 4. The van der Waals surface area contributed by atoms with Gasteiger partial charge in [0.05, 0.1) is 11.0 Å². The second-order valence-electron chi connectivity index (χ2n) is 13.9. The number of rotatable bonds is 4. The van der Waals surface area contributed by atoms with E-state index in [2.05, 4.69) is 102 Å². The predicted octanol–water partition coefficient (Wildman–Crippen LogP) is 12.8. The Labute approximate surface area is 308 Å². The zero-order valence-corrected chi connectivity index (χ0v) is 28.9. The summed E-state index contributed by atoms with van der Waals surface area (Å²) in [6.45, 7) is 0. The molecule has 54 heavy (non-hydrogen) atoms. The van der Waals surface area contributed by atoms with Crippen LogP contribution >= 0.6 is 0 Å². The fourth-order valence-corrected chi connectivity index (χ4v) is 8.67. The number of fused-ring (bicyclic) bond motifs is 8. The van der Waals surface area contributed by atoms with Crippen molar-refractivity contribution in [2.24, 2.45) is 0 Å². The Morgan fingerprint density at radius 1 is 0.370 bits per heavy atom. The Bertz CT molecular complexity index is 3370. The van der Waals surface area contributed by atoms with Gasteiger partial charge in [-0.1, -0.05) is 133 Å². The van der Waals surface area contributed by atoms with Crippen LogP contribution in [-0.4, -0.2) is 19.5 Å². The number of hydrogen-bond acceptors (Lipinski definition) is 4. The van der Waals surface area contributed by atoms with Crippen molar-refractivity contribution in [2.45, 2.75) is 0 Å². The molecular formula is C49H28N4O. The lowest BCUT2D eigenvalue weighted by Gasteiger charge is -2.11. The first-order valence-electron chi connectivity index (χ1n) is 18.2. The molecule has 0 aliphatic heterocycles. The van der Waals surface area contributed by atoms with Crippen molar-refractivity contribution in [3.05, 3.63) is 170 Å². The van der Waals surface area contributed by atoms with Gasteiger partial charge in [0.15, 0.2) is 17.5 Å². The van der Waals surface area contributed by atoms with E-state index in [1.165, 1.54) is 54.1 Å². The summed E-state index contributed by atoms with van der Waals surface area (Å²) >= 11 is 0. The summed E-state index contributed by atoms with van der Waals surface area (Å²) in [5.41, 5.74) is 7.77. The molecule has 0 aliphatic rings. The van der Waals surface area contributed by atoms with Crippen LogP contribution in [0.2, 0.25) is 0 Å². The first-order chi connectivity index (χ1) is 26.8. The third-order valence-corrected chi connectivity index (χ3v) is 11.0. The second-order valence-corrected chi connectivity index (χ2v) is 13.9. The molecule has 0 saturated heterocycles. The van der Waals surface area contributed by atoms with E-state index in [1.54, 1.807) is 0 Å². The summed E-state index contributed by atoms with van der Waals surface area (Å²) in [4.78, 5) is 15.0. The molecule has 0 atom stereocenters. The highest BCUT2D eigenvalue weighted by atomic mass is 16.3. The van der Waals surface area contributed by atoms with Crippen LogP contribution < -0.4 is 0 Å². The van der Waals surface area contributed by atoms with E-state index in [0.29, 0.717) is 17.5 Å². The van der Waals surface area contributed by atoms with Gasteiger partial charge in [0, 0.05) is 55.4 Å². The molecule has 250 valence electrons. The lowest BCUT2D eigenvalue weighted by atomic mass is 9.91. The molecule has 9 aromatic carbocycles. The topological polar surface area (TPSA) is 56.7 Å². The summed E-state index contributed by atoms with van der Waals surface area (Å²) in [7, 11) is 0. The van der Waals surface area contributed by atoms with Crippen LogP contribution in [0, 0.1) is 0 Å². The lowest BCUT2D eigenvalue weighted by molar-refractivity contribution is 0.668. The first-order valence-corrected chi connectivity index (χ1v) is 18.2. The van der Waals surface area contributed by atoms with E-state index in [1.807, 2.05) is 72.8 Å².